The number of pyridine rings is 1. The number of nitrogens with two attached hydrogens (primary N) is 2. The number of aliphatic hydroxyl groups excluding tert-OH is 1. The van der Waals surface area contributed by atoms with Gasteiger partial charge in [0.25, 0.3) is 0 Å². The molecule has 5 N–H and O–H groups in total. The largest absolute Gasteiger partial charge is 0.398 e. The first kappa shape index (κ1) is 10.2. The van der Waals surface area contributed by atoms with Crippen molar-refractivity contribution in [3.63, 3.8) is 0 Å². The summed E-state index contributed by atoms with van der Waals surface area (Å²) in [5, 5.41) is 9.26. The number of aliphatic hydroxyl groups is 1. The highest BCUT2D eigenvalue weighted by Gasteiger charge is 2.26. The molecule has 1 rings (SSSR count). The van der Waals surface area contributed by atoms with Gasteiger partial charge in [0.2, 0.25) is 0 Å². The number of anilines is 1. The van der Waals surface area contributed by atoms with Gasteiger partial charge in [-0.3, -0.25) is 0 Å². The zero-order valence-electron chi connectivity index (χ0n) is 7.29. The van der Waals surface area contributed by atoms with E-state index in [0.717, 1.165) is 0 Å². The highest BCUT2D eigenvalue weighted by atomic mass is 35.5. The number of nitrogen functional groups attached to an aromatic ring is 1. The van der Waals surface area contributed by atoms with Gasteiger partial charge in [0.1, 0.15) is 5.15 Å². The van der Waals surface area contributed by atoms with E-state index < -0.39 is 5.54 Å². The Bertz CT molecular complexity index is 294. The molecule has 0 spiro atoms. The van der Waals surface area contributed by atoms with Crippen molar-refractivity contribution in [1.82, 2.24) is 4.98 Å². The minimum atomic E-state index is -0.949. The second kappa shape index (κ2) is 3.49. The van der Waals surface area contributed by atoms with Crippen LogP contribution in [0.3, 0.4) is 0 Å². The third kappa shape index (κ3) is 1.91. The molecule has 0 saturated carbocycles. The van der Waals surface area contributed by atoms with Crippen molar-refractivity contribution in [2.75, 3.05) is 12.3 Å². The molecule has 1 heterocycles. The molecule has 13 heavy (non-hydrogen) atoms. The summed E-state index contributed by atoms with van der Waals surface area (Å²) < 4.78 is 0. The van der Waals surface area contributed by atoms with Crippen molar-refractivity contribution in [1.29, 1.82) is 0 Å². The number of hydrogen-bond donors (Lipinski definition) is 3. The lowest BCUT2D eigenvalue weighted by Crippen LogP contribution is -2.38. The zero-order chi connectivity index (χ0) is 10.1. The number of aromatic nitrogens is 1. The maximum atomic E-state index is 9.03. The lowest BCUT2D eigenvalue weighted by molar-refractivity contribution is 0.210. The molecule has 0 aliphatic rings. The molecule has 0 bridgehead atoms. The van der Waals surface area contributed by atoms with Gasteiger partial charge in [-0.15, -0.1) is 0 Å². The van der Waals surface area contributed by atoms with Gasteiger partial charge >= 0.3 is 0 Å². The first-order valence-electron chi connectivity index (χ1n) is 3.79. The predicted octanol–water partition coefficient (Wildman–Crippen LogP) is 0.483. The molecule has 1 aromatic rings. The van der Waals surface area contributed by atoms with Crippen LogP contribution >= 0.6 is 11.6 Å². The van der Waals surface area contributed by atoms with Gasteiger partial charge in [-0.1, -0.05) is 11.6 Å². The molecule has 0 unspecified atom stereocenters. The quantitative estimate of drug-likeness (QED) is 0.608. The number of halogens is 1. The Balaban J connectivity index is 3.28. The van der Waals surface area contributed by atoms with Crippen LogP contribution in [0.5, 0.6) is 0 Å². The molecule has 1 aromatic heterocycles. The Kier molecular flexibility index (Phi) is 2.75. The van der Waals surface area contributed by atoms with Gasteiger partial charge in [0.05, 0.1) is 12.1 Å². The average molecular weight is 202 g/mol. The molecule has 0 saturated heterocycles. The summed E-state index contributed by atoms with van der Waals surface area (Å²) in [5.41, 5.74) is 11.4. The molecule has 1 atom stereocenters. The van der Waals surface area contributed by atoms with Crippen molar-refractivity contribution < 1.29 is 5.11 Å². The molecule has 4 nitrogen and oxygen atoms in total. The Morgan fingerprint density at radius 3 is 2.77 bits per heavy atom. The lowest BCUT2D eigenvalue weighted by atomic mass is 9.94. The summed E-state index contributed by atoms with van der Waals surface area (Å²) in [5.74, 6) is 0. The van der Waals surface area contributed by atoms with Crippen LogP contribution in [0.2, 0.25) is 5.15 Å². The van der Waals surface area contributed by atoms with E-state index >= 15 is 0 Å². The highest BCUT2D eigenvalue weighted by Crippen LogP contribution is 2.28. The Hall–Kier alpha value is -0.840. The highest BCUT2D eigenvalue weighted by molar-refractivity contribution is 6.30. The number of nitrogens with zero attached hydrogens (tertiary/aromatic N) is 1. The standard InChI is InChI=1S/C8H12ClN3O/c1-8(11,4-13)6-5(10)2-3-12-7(6)9/h2-3,13H,4,11H2,1H3,(H2,10,12)/t8-/m0/s1. The predicted molar refractivity (Wildman–Crippen MR) is 52.3 cm³/mol. The first-order chi connectivity index (χ1) is 5.99. The molecule has 0 aromatic carbocycles. The molecule has 0 amide bonds. The van der Waals surface area contributed by atoms with Crippen molar-refractivity contribution in [2.24, 2.45) is 5.73 Å². The van der Waals surface area contributed by atoms with Crippen LogP contribution in [0.1, 0.15) is 12.5 Å². The van der Waals surface area contributed by atoms with Crippen LogP contribution < -0.4 is 11.5 Å². The Labute approximate surface area is 81.5 Å². The van der Waals surface area contributed by atoms with Gasteiger partial charge < -0.3 is 16.6 Å². The molecule has 0 radical (unpaired) electrons. The fourth-order valence-electron chi connectivity index (χ4n) is 1.09. The molecule has 5 heteroatoms. The van der Waals surface area contributed by atoms with Crippen LogP contribution in [0.4, 0.5) is 5.69 Å². The molecule has 0 aliphatic heterocycles. The van der Waals surface area contributed by atoms with Crippen LogP contribution in [0.15, 0.2) is 12.3 Å². The summed E-state index contributed by atoms with van der Waals surface area (Å²) in [7, 11) is 0. The van der Waals surface area contributed by atoms with Crippen molar-refractivity contribution in [2.45, 2.75) is 12.5 Å². The van der Waals surface area contributed by atoms with E-state index in [1.54, 1.807) is 13.0 Å². The van der Waals surface area contributed by atoms with Crippen molar-refractivity contribution in [3.8, 4) is 0 Å². The van der Waals surface area contributed by atoms with E-state index in [4.69, 9.17) is 28.2 Å². The minimum Gasteiger partial charge on any atom is -0.398 e. The topological polar surface area (TPSA) is 85.2 Å². The third-order valence-corrected chi connectivity index (χ3v) is 2.12. The molecule has 72 valence electrons. The maximum absolute atomic E-state index is 9.03. The van der Waals surface area contributed by atoms with Crippen molar-refractivity contribution >= 4 is 17.3 Å². The molecular formula is C8H12ClN3O. The summed E-state index contributed by atoms with van der Waals surface area (Å²) in [6.07, 6.45) is 1.49. The fraction of sp³-hybridized carbons (Fsp3) is 0.375. The summed E-state index contributed by atoms with van der Waals surface area (Å²) in [6, 6.07) is 1.60. The maximum Gasteiger partial charge on any atom is 0.136 e. The minimum absolute atomic E-state index is 0.234. The first-order valence-corrected chi connectivity index (χ1v) is 4.17. The SMILES string of the molecule is C[C@](N)(CO)c1c(N)ccnc1Cl. The molecular weight excluding hydrogens is 190 g/mol. The summed E-state index contributed by atoms with van der Waals surface area (Å²) >= 11 is 5.81. The number of hydrogen-bond acceptors (Lipinski definition) is 4. The van der Waals surface area contributed by atoms with E-state index in [-0.39, 0.29) is 11.8 Å². The summed E-state index contributed by atoms with van der Waals surface area (Å²) in [6.45, 7) is 1.41. The van der Waals surface area contributed by atoms with E-state index in [9.17, 15) is 0 Å². The van der Waals surface area contributed by atoms with E-state index in [1.807, 2.05) is 0 Å². The smallest absolute Gasteiger partial charge is 0.136 e. The van der Waals surface area contributed by atoms with Gasteiger partial charge in [0.15, 0.2) is 0 Å². The average Bonchev–Trinajstić information content (AvgIpc) is 2.03. The molecule has 0 aliphatic carbocycles. The zero-order valence-corrected chi connectivity index (χ0v) is 8.04. The van der Waals surface area contributed by atoms with Crippen molar-refractivity contribution in [3.05, 3.63) is 23.0 Å². The normalized spacial score (nSPS) is 15.4. The second-order valence-corrected chi connectivity index (χ2v) is 3.50. The van der Waals surface area contributed by atoms with Crippen LogP contribution in [-0.4, -0.2) is 16.7 Å². The van der Waals surface area contributed by atoms with Crippen LogP contribution in [-0.2, 0) is 5.54 Å². The third-order valence-electron chi connectivity index (χ3n) is 1.84. The van der Waals surface area contributed by atoms with Crippen LogP contribution in [0.25, 0.3) is 0 Å². The lowest BCUT2D eigenvalue weighted by Gasteiger charge is -2.24. The monoisotopic (exact) mass is 201 g/mol. The fourth-order valence-corrected chi connectivity index (χ4v) is 1.48. The summed E-state index contributed by atoms with van der Waals surface area (Å²) in [4.78, 5) is 3.85. The van der Waals surface area contributed by atoms with E-state index in [0.29, 0.717) is 11.3 Å². The van der Waals surface area contributed by atoms with Gasteiger partial charge in [-0.2, -0.15) is 0 Å². The van der Waals surface area contributed by atoms with Crippen LogP contribution in [0, 0.1) is 0 Å². The van der Waals surface area contributed by atoms with Gasteiger partial charge in [-0.05, 0) is 13.0 Å². The Morgan fingerprint density at radius 2 is 2.31 bits per heavy atom. The Morgan fingerprint density at radius 1 is 1.69 bits per heavy atom. The molecule has 0 fully saturated rings. The number of rotatable bonds is 2. The van der Waals surface area contributed by atoms with E-state index in [1.165, 1.54) is 6.20 Å². The van der Waals surface area contributed by atoms with Gasteiger partial charge in [0, 0.05) is 17.4 Å². The second-order valence-electron chi connectivity index (χ2n) is 3.14. The van der Waals surface area contributed by atoms with Gasteiger partial charge in [-0.25, -0.2) is 4.98 Å². The van der Waals surface area contributed by atoms with E-state index in [2.05, 4.69) is 4.98 Å².